The van der Waals surface area contributed by atoms with Gasteiger partial charge in [0.25, 0.3) is 11.8 Å². The summed E-state index contributed by atoms with van der Waals surface area (Å²) in [5, 5.41) is 11.4. The molecule has 1 aliphatic heterocycles. The number of alkyl halides is 2. The predicted octanol–water partition coefficient (Wildman–Crippen LogP) is 4.85. The molecule has 0 unspecified atom stereocenters. The summed E-state index contributed by atoms with van der Waals surface area (Å²) in [5.74, 6) is -1.88. The van der Waals surface area contributed by atoms with Crippen LogP contribution in [0.4, 0.5) is 13.6 Å². The summed E-state index contributed by atoms with van der Waals surface area (Å²) in [5.41, 5.74) is 0.458. The number of ether oxygens (including phenoxy) is 1. The van der Waals surface area contributed by atoms with Crippen molar-refractivity contribution < 1.29 is 28.2 Å². The second-order valence-electron chi connectivity index (χ2n) is 7.85. The molecule has 6 nitrogen and oxygen atoms in total. The number of carboxylic acid groups (broad SMARTS) is 1. The first-order chi connectivity index (χ1) is 14.1. The number of benzene rings is 2. The van der Waals surface area contributed by atoms with E-state index in [4.69, 9.17) is 9.84 Å². The Balaban J connectivity index is 1.62. The van der Waals surface area contributed by atoms with E-state index in [2.05, 4.69) is 5.32 Å². The minimum Gasteiger partial charge on any atom is -0.465 e. The van der Waals surface area contributed by atoms with Crippen molar-refractivity contribution in [2.45, 2.75) is 38.2 Å². The molecule has 0 atom stereocenters. The Kier molecular flexibility index (Phi) is 5.96. The number of hydrogen-bond donors (Lipinski definition) is 2. The van der Waals surface area contributed by atoms with Crippen LogP contribution >= 0.6 is 0 Å². The third kappa shape index (κ3) is 5.25. The maximum absolute atomic E-state index is 13.3. The summed E-state index contributed by atoms with van der Waals surface area (Å²) in [6, 6.07) is 13.5. The number of likely N-dealkylation sites (tertiary alicyclic amines) is 1. The Morgan fingerprint density at radius 3 is 2.00 bits per heavy atom. The average Bonchev–Trinajstić information content (AvgIpc) is 2.67. The molecular formula is C22H24F2N2O4. The summed E-state index contributed by atoms with van der Waals surface area (Å²) in [6.45, 7) is 3.61. The fourth-order valence-corrected chi connectivity index (χ4v) is 3.30. The molecule has 0 saturated carbocycles. The average molecular weight is 418 g/mol. The normalized spacial score (nSPS) is 16.1. The largest absolute Gasteiger partial charge is 0.465 e. The third-order valence-electron chi connectivity index (χ3n) is 5.11. The number of piperidine rings is 1. The van der Waals surface area contributed by atoms with Crippen LogP contribution in [-0.4, -0.2) is 41.0 Å². The number of carbonyl (C=O) groups is 2. The predicted molar refractivity (Wildman–Crippen MR) is 107 cm³/mol. The molecule has 0 radical (unpaired) electrons. The van der Waals surface area contributed by atoms with Crippen LogP contribution in [0, 0.1) is 0 Å². The highest BCUT2D eigenvalue weighted by molar-refractivity contribution is 5.94. The highest BCUT2D eigenvalue weighted by Crippen LogP contribution is 2.29. The van der Waals surface area contributed by atoms with Crippen LogP contribution in [-0.2, 0) is 5.54 Å². The van der Waals surface area contributed by atoms with E-state index in [9.17, 15) is 18.4 Å². The van der Waals surface area contributed by atoms with Gasteiger partial charge in [0.05, 0.1) is 5.54 Å². The SMILES string of the molecule is CC(C)(NC(=O)O)c1ccc(Oc2ccc(C(=O)N3CCC(F)(F)CC3)cc2)cc1. The Hall–Kier alpha value is -3.16. The van der Waals surface area contributed by atoms with Gasteiger partial charge in [-0.25, -0.2) is 13.6 Å². The second-order valence-corrected chi connectivity index (χ2v) is 7.85. The van der Waals surface area contributed by atoms with Crippen molar-refractivity contribution in [3.05, 3.63) is 59.7 Å². The van der Waals surface area contributed by atoms with E-state index in [1.165, 1.54) is 4.90 Å². The number of hydrogen-bond acceptors (Lipinski definition) is 3. The number of nitrogens with one attached hydrogen (secondary N) is 1. The molecule has 1 fully saturated rings. The van der Waals surface area contributed by atoms with E-state index in [1.807, 2.05) is 0 Å². The number of amides is 2. The van der Waals surface area contributed by atoms with Gasteiger partial charge in [-0.3, -0.25) is 4.79 Å². The molecule has 2 aromatic carbocycles. The van der Waals surface area contributed by atoms with Gasteiger partial charge in [-0.05, 0) is 55.8 Å². The molecule has 0 aromatic heterocycles. The van der Waals surface area contributed by atoms with E-state index in [-0.39, 0.29) is 31.8 Å². The summed E-state index contributed by atoms with van der Waals surface area (Å²) in [6.07, 6.45) is -1.73. The lowest BCUT2D eigenvalue weighted by Gasteiger charge is -2.31. The quantitative estimate of drug-likeness (QED) is 0.727. The molecule has 1 heterocycles. The van der Waals surface area contributed by atoms with Gasteiger partial charge < -0.3 is 20.1 Å². The Morgan fingerprint density at radius 2 is 1.50 bits per heavy atom. The fraction of sp³-hybridized carbons (Fsp3) is 0.364. The van der Waals surface area contributed by atoms with Crippen molar-refractivity contribution in [1.82, 2.24) is 10.2 Å². The minimum absolute atomic E-state index is 0.0452. The zero-order valence-corrected chi connectivity index (χ0v) is 16.8. The molecule has 2 N–H and O–H groups in total. The van der Waals surface area contributed by atoms with Gasteiger partial charge >= 0.3 is 6.09 Å². The van der Waals surface area contributed by atoms with Crippen molar-refractivity contribution in [1.29, 1.82) is 0 Å². The standard InChI is InChI=1S/C22H24F2N2O4/c1-21(2,25-20(28)29)16-5-9-18(10-6-16)30-17-7-3-15(4-8-17)19(27)26-13-11-22(23,24)12-14-26/h3-10,25H,11-14H2,1-2H3,(H,28,29). The first-order valence-corrected chi connectivity index (χ1v) is 9.62. The van der Waals surface area contributed by atoms with Gasteiger partial charge in [-0.1, -0.05) is 12.1 Å². The highest BCUT2D eigenvalue weighted by atomic mass is 19.3. The van der Waals surface area contributed by atoms with Gasteiger partial charge in [0, 0.05) is 31.5 Å². The first-order valence-electron chi connectivity index (χ1n) is 9.62. The first kappa shape index (κ1) is 21.5. The molecule has 1 aliphatic rings. The molecule has 160 valence electrons. The lowest BCUT2D eigenvalue weighted by atomic mass is 9.94. The summed E-state index contributed by atoms with van der Waals surface area (Å²) >= 11 is 0. The van der Waals surface area contributed by atoms with Crippen LogP contribution in [0.3, 0.4) is 0 Å². The highest BCUT2D eigenvalue weighted by Gasteiger charge is 2.35. The molecule has 0 bridgehead atoms. The lowest BCUT2D eigenvalue weighted by Crippen LogP contribution is -2.42. The molecular weight excluding hydrogens is 394 g/mol. The van der Waals surface area contributed by atoms with Crippen molar-refractivity contribution in [3.63, 3.8) is 0 Å². The second kappa shape index (κ2) is 8.30. The summed E-state index contributed by atoms with van der Waals surface area (Å²) in [4.78, 5) is 24.8. The third-order valence-corrected chi connectivity index (χ3v) is 5.11. The van der Waals surface area contributed by atoms with Gasteiger partial charge in [0.1, 0.15) is 11.5 Å². The van der Waals surface area contributed by atoms with Crippen molar-refractivity contribution in [2.24, 2.45) is 0 Å². The topological polar surface area (TPSA) is 78.9 Å². The van der Waals surface area contributed by atoms with Gasteiger partial charge in [0.2, 0.25) is 0 Å². The number of halogens is 2. The van der Waals surface area contributed by atoms with Crippen LogP contribution in [0.2, 0.25) is 0 Å². The lowest BCUT2D eigenvalue weighted by molar-refractivity contribution is -0.0494. The van der Waals surface area contributed by atoms with Gasteiger partial charge in [-0.15, -0.1) is 0 Å². The monoisotopic (exact) mass is 418 g/mol. The van der Waals surface area contributed by atoms with Crippen LogP contribution in [0.5, 0.6) is 11.5 Å². The van der Waals surface area contributed by atoms with E-state index in [0.717, 1.165) is 5.56 Å². The maximum atomic E-state index is 13.3. The molecule has 1 saturated heterocycles. The van der Waals surface area contributed by atoms with Gasteiger partial charge in [-0.2, -0.15) is 0 Å². The summed E-state index contributed by atoms with van der Waals surface area (Å²) < 4.78 is 32.3. The van der Waals surface area contributed by atoms with E-state index in [0.29, 0.717) is 17.1 Å². The molecule has 8 heteroatoms. The Bertz CT molecular complexity index is 902. The van der Waals surface area contributed by atoms with Gasteiger partial charge in [0.15, 0.2) is 0 Å². The molecule has 2 amide bonds. The fourth-order valence-electron chi connectivity index (χ4n) is 3.30. The number of nitrogens with zero attached hydrogens (tertiary/aromatic N) is 1. The van der Waals surface area contributed by atoms with Crippen molar-refractivity contribution in [3.8, 4) is 11.5 Å². The summed E-state index contributed by atoms with van der Waals surface area (Å²) in [7, 11) is 0. The van der Waals surface area contributed by atoms with Crippen LogP contribution in [0.25, 0.3) is 0 Å². The molecule has 0 aliphatic carbocycles. The number of carbonyl (C=O) groups excluding carboxylic acids is 1. The minimum atomic E-state index is -2.69. The maximum Gasteiger partial charge on any atom is 0.405 e. The van der Waals surface area contributed by atoms with Crippen LogP contribution in [0.1, 0.15) is 42.6 Å². The molecule has 0 spiro atoms. The van der Waals surface area contributed by atoms with Crippen LogP contribution < -0.4 is 10.1 Å². The van der Waals surface area contributed by atoms with Crippen molar-refractivity contribution in [2.75, 3.05) is 13.1 Å². The molecule has 3 rings (SSSR count). The van der Waals surface area contributed by atoms with E-state index >= 15 is 0 Å². The van der Waals surface area contributed by atoms with E-state index < -0.39 is 17.6 Å². The van der Waals surface area contributed by atoms with E-state index in [1.54, 1.807) is 62.4 Å². The zero-order chi connectivity index (χ0) is 21.9. The zero-order valence-electron chi connectivity index (χ0n) is 16.8. The van der Waals surface area contributed by atoms with Crippen molar-refractivity contribution >= 4 is 12.0 Å². The molecule has 2 aromatic rings. The Labute approximate surface area is 173 Å². The number of rotatable bonds is 5. The Morgan fingerprint density at radius 1 is 1.00 bits per heavy atom. The smallest absolute Gasteiger partial charge is 0.405 e. The van der Waals surface area contributed by atoms with Crippen LogP contribution in [0.15, 0.2) is 48.5 Å². The molecule has 30 heavy (non-hydrogen) atoms.